The molecule has 2 aliphatic heterocycles. The number of hydrogen-bond donors (Lipinski definition) is 10. The van der Waals surface area contributed by atoms with Gasteiger partial charge in [-0.25, -0.2) is 0 Å². The third-order valence-corrected chi connectivity index (χ3v) is 8.36. The van der Waals surface area contributed by atoms with Crippen LogP contribution in [0.15, 0.2) is 24.3 Å². The van der Waals surface area contributed by atoms with E-state index in [9.17, 15) is 54.6 Å². The van der Waals surface area contributed by atoms with Crippen LogP contribution in [-0.4, -0.2) is 144 Å². The van der Waals surface area contributed by atoms with Crippen LogP contribution >= 0.6 is 0 Å². The van der Waals surface area contributed by atoms with E-state index in [2.05, 4.69) is 10.6 Å². The van der Waals surface area contributed by atoms with Gasteiger partial charge in [0.05, 0.1) is 30.5 Å². The second-order valence-corrected chi connectivity index (χ2v) is 12.1. The Balaban J connectivity index is 1.90. The molecule has 256 valence electrons. The first kappa shape index (κ1) is 36.6. The molecule has 0 saturated carbocycles. The maximum absolute atomic E-state index is 13.7. The van der Waals surface area contributed by atoms with Crippen LogP contribution in [0, 0.1) is 5.92 Å². The van der Waals surface area contributed by atoms with Crippen molar-refractivity contribution in [2.45, 2.75) is 94.3 Å². The highest BCUT2D eigenvalue weighted by atomic mass is 16.3. The molecular formula is C29H44N6O11. The van der Waals surface area contributed by atoms with Crippen LogP contribution < -0.4 is 22.1 Å². The van der Waals surface area contributed by atoms with E-state index in [1.165, 1.54) is 38.1 Å². The van der Waals surface area contributed by atoms with Crippen LogP contribution in [-0.2, 0) is 30.4 Å². The van der Waals surface area contributed by atoms with E-state index in [0.717, 1.165) is 9.80 Å². The summed E-state index contributed by atoms with van der Waals surface area (Å²) in [7, 11) is 0. The molecule has 1 aromatic carbocycles. The predicted molar refractivity (Wildman–Crippen MR) is 159 cm³/mol. The Morgan fingerprint density at radius 1 is 0.913 bits per heavy atom. The molecule has 46 heavy (non-hydrogen) atoms. The fraction of sp³-hybridized carbons (Fsp3) is 0.621. The summed E-state index contributed by atoms with van der Waals surface area (Å²) in [6, 6.07) is -2.08. The maximum Gasteiger partial charge on any atom is 0.248 e. The zero-order valence-electron chi connectivity index (χ0n) is 25.8. The van der Waals surface area contributed by atoms with Gasteiger partial charge in [0.2, 0.25) is 29.5 Å². The van der Waals surface area contributed by atoms with Crippen molar-refractivity contribution in [2.75, 3.05) is 13.1 Å². The summed E-state index contributed by atoms with van der Waals surface area (Å²) in [5.41, 5.74) is 11.6. The molecular weight excluding hydrogens is 608 g/mol. The highest BCUT2D eigenvalue weighted by Crippen LogP contribution is 2.25. The summed E-state index contributed by atoms with van der Waals surface area (Å²) in [4.78, 5) is 67.6. The number of carbonyl (C=O) groups excluding carboxylic acids is 5. The normalized spacial score (nSPS) is 26.8. The summed E-state index contributed by atoms with van der Waals surface area (Å²) >= 11 is 0. The number of nitrogens with one attached hydrogen (secondary N) is 2. The number of hydrogen-bond acceptors (Lipinski definition) is 12. The largest absolute Gasteiger partial charge is 0.508 e. The van der Waals surface area contributed by atoms with Gasteiger partial charge in [0.15, 0.2) is 0 Å². The zero-order chi connectivity index (χ0) is 34.6. The highest BCUT2D eigenvalue weighted by Gasteiger charge is 2.48. The number of phenolic OH excluding ortho intramolecular Hbond substituents is 1. The predicted octanol–water partition coefficient (Wildman–Crippen LogP) is -4.99. The minimum Gasteiger partial charge on any atom is -0.508 e. The molecule has 11 atom stereocenters. The van der Waals surface area contributed by atoms with E-state index >= 15 is 0 Å². The minimum atomic E-state index is -1.80. The number of aromatic hydroxyl groups is 1. The Hall–Kier alpha value is -3.87. The van der Waals surface area contributed by atoms with E-state index < -0.39 is 96.2 Å². The van der Waals surface area contributed by atoms with E-state index in [0.29, 0.717) is 5.56 Å². The van der Waals surface area contributed by atoms with E-state index in [1.807, 2.05) is 0 Å². The van der Waals surface area contributed by atoms with E-state index in [1.54, 1.807) is 6.92 Å². The Bertz CT molecular complexity index is 1280. The van der Waals surface area contributed by atoms with Gasteiger partial charge in [-0.1, -0.05) is 19.1 Å². The minimum absolute atomic E-state index is 0.0605. The topological polar surface area (TPSA) is 289 Å². The van der Waals surface area contributed by atoms with Crippen molar-refractivity contribution in [3.8, 4) is 5.75 Å². The first-order valence-electron chi connectivity index (χ1n) is 14.9. The maximum atomic E-state index is 13.7. The van der Waals surface area contributed by atoms with Crippen molar-refractivity contribution in [3.05, 3.63) is 29.8 Å². The van der Waals surface area contributed by atoms with E-state index in [4.69, 9.17) is 11.5 Å². The van der Waals surface area contributed by atoms with Crippen molar-refractivity contribution in [1.29, 1.82) is 0 Å². The molecule has 2 heterocycles. The van der Waals surface area contributed by atoms with Gasteiger partial charge in [-0.2, -0.15) is 0 Å². The second-order valence-electron chi connectivity index (χ2n) is 12.1. The van der Waals surface area contributed by atoms with Gasteiger partial charge in [0.25, 0.3) is 0 Å². The lowest BCUT2D eigenvalue weighted by atomic mass is 9.99. The lowest BCUT2D eigenvalue weighted by molar-refractivity contribution is -0.146. The molecule has 17 heteroatoms. The number of likely N-dealkylation sites (tertiary alicyclic amines) is 2. The molecule has 1 aromatic rings. The SMILES string of the molecule is CC(O)[C@H](N)C(=O)N1C[C@H](O)C[C@H]1C(=O)N[C@H](C(=O)N[C@H](C(=O)N1C[C@H](C)[C@H](O)[C@H]1C(N)=O)C(C)O)[C@H](O)Cc1ccc(O)cc1. The van der Waals surface area contributed by atoms with Crippen LogP contribution in [0.2, 0.25) is 0 Å². The van der Waals surface area contributed by atoms with Gasteiger partial charge in [0, 0.05) is 31.8 Å². The number of amides is 5. The molecule has 0 bridgehead atoms. The number of nitrogens with two attached hydrogens (primary N) is 2. The van der Waals surface area contributed by atoms with Crippen LogP contribution in [0.3, 0.4) is 0 Å². The molecule has 0 radical (unpaired) electrons. The number of nitrogens with zero attached hydrogens (tertiary/aromatic N) is 2. The average molecular weight is 653 g/mol. The number of aliphatic hydroxyl groups excluding tert-OH is 5. The molecule has 2 aliphatic rings. The molecule has 17 nitrogen and oxygen atoms in total. The van der Waals surface area contributed by atoms with Crippen molar-refractivity contribution in [2.24, 2.45) is 17.4 Å². The lowest BCUT2D eigenvalue weighted by Gasteiger charge is -2.32. The van der Waals surface area contributed by atoms with Gasteiger partial charge in [-0.3, -0.25) is 24.0 Å². The second kappa shape index (κ2) is 15.1. The number of β-amino-alcohol motifs (C(OH)–C–C–N with tert-alkyl or cyclic N) is 1. The fourth-order valence-electron chi connectivity index (χ4n) is 5.67. The van der Waals surface area contributed by atoms with Crippen molar-refractivity contribution in [1.82, 2.24) is 20.4 Å². The van der Waals surface area contributed by atoms with Crippen LogP contribution in [0.25, 0.3) is 0 Å². The van der Waals surface area contributed by atoms with Gasteiger partial charge in [-0.05, 0) is 31.5 Å². The van der Waals surface area contributed by atoms with Crippen LogP contribution in [0.5, 0.6) is 5.75 Å². The van der Waals surface area contributed by atoms with Gasteiger partial charge in [0.1, 0.15) is 36.0 Å². The molecule has 12 N–H and O–H groups in total. The van der Waals surface area contributed by atoms with Crippen LogP contribution in [0.4, 0.5) is 0 Å². The lowest BCUT2D eigenvalue weighted by Crippen LogP contribution is -2.63. The molecule has 2 saturated heterocycles. The number of primary amides is 1. The first-order chi connectivity index (χ1) is 21.4. The number of carbonyl (C=O) groups is 5. The Morgan fingerprint density at radius 2 is 1.52 bits per heavy atom. The molecule has 3 rings (SSSR count). The summed E-state index contributed by atoms with van der Waals surface area (Å²) in [6.07, 6.45) is -7.41. The molecule has 0 aliphatic carbocycles. The van der Waals surface area contributed by atoms with E-state index in [-0.39, 0.29) is 31.7 Å². The Labute approximate surface area is 265 Å². The van der Waals surface area contributed by atoms with Crippen molar-refractivity contribution >= 4 is 29.5 Å². The van der Waals surface area contributed by atoms with Gasteiger partial charge >= 0.3 is 0 Å². The highest BCUT2D eigenvalue weighted by molar-refractivity contribution is 5.97. The fourth-order valence-corrected chi connectivity index (χ4v) is 5.67. The zero-order valence-corrected chi connectivity index (χ0v) is 25.8. The third-order valence-electron chi connectivity index (χ3n) is 8.36. The number of benzene rings is 1. The van der Waals surface area contributed by atoms with Gasteiger partial charge < -0.3 is 62.5 Å². The van der Waals surface area contributed by atoms with Crippen molar-refractivity contribution in [3.63, 3.8) is 0 Å². The Kier molecular flexibility index (Phi) is 12.0. The molecule has 0 spiro atoms. The summed E-state index contributed by atoms with van der Waals surface area (Å²) in [6.45, 7) is 3.65. The average Bonchev–Trinajstić information content (AvgIpc) is 3.52. The molecule has 5 amide bonds. The smallest absolute Gasteiger partial charge is 0.248 e. The quantitative estimate of drug-likeness (QED) is 0.102. The Morgan fingerprint density at radius 3 is 2.07 bits per heavy atom. The monoisotopic (exact) mass is 652 g/mol. The van der Waals surface area contributed by atoms with Gasteiger partial charge in [-0.15, -0.1) is 0 Å². The summed E-state index contributed by atoms with van der Waals surface area (Å²) in [5, 5.41) is 66.4. The van der Waals surface area contributed by atoms with Crippen LogP contribution in [0.1, 0.15) is 32.8 Å². The summed E-state index contributed by atoms with van der Waals surface area (Å²) in [5.74, 6) is -5.48. The van der Waals surface area contributed by atoms with Crippen molar-refractivity contribution < 1.29 is 54.6 Å². The molecule has 0 aromatic heterocycles. The first-order valence-corrected chi connectivity index (χ1v) is 14.9. The number of phenols is 1. The number of aliphatic hydroxyl groups is 5. The molecule has 2 fully saturated rings. The molecule has 2 unspecified atom stereocenters. The summed E-state index contributed by atoms with van der Waals surface area (Å²) < 4.78 is 0. The number of rotatable bonds is 12. The standard InChI is InChI=1S/C29H44N6O11/c1-12-10-35(23(24(12)41)25(31)42)29(46)21(14(3)37)32-27(44)22(19(40)8-15-4-6-16(38)7-5-15)33-26(43)18-9-17(39)11-34(18)28(45)20(30)13(2)36/h4-7,12-14,17-24,36-41H,8-11,30H2,1-3H3,(H2,31,42)(H,32,44)(H,33,43)/t12-,13?,14?,17+,18-,19+,20-,21-,22-,23-,24-/m0/s1. The third kappa shape index (κ3) is 8.28.